The van der Waals surface area contributed by atoms with Crippen LogP contribution in [0.4, 0.5) is 16.3 Å². The standard InChI is InChI=1S/C29H37N7O2/c1-29(2,3)26-19-27(34-33-26)32-28(37)31-21-8-10-22(11-9-21)36-20-30-24-18-23(12-13-25(24)36)38-17-16-35-14-6-4-5-7-15-35/h8-13,18-20H,4-7,14-17H2,1-3H3,(H3,31,32,33,34,37). The van der Waals surface area contributed by atoms with Crippen molar-refractivity contribution in [2.45, 2.75) is 51.9 Å². The van der Waals surface area contributed by atoms with E-state index in [-0.39, 0.29) is 11.4 Å². The fourth-order valence-electron chi connectivity index (χ4n) is 4.69. The number of fused-ring (bicyclic) bond motifs is 1. The van der Waals surface area contributed by atoms with Gasteiger partial charge in [-0.2, -0.15) is 5.10 Å². The lowest BCUT2D eigenvalue weighted by atomic mass is 9.92. The van der Waals surface area contributed by atoms with E-state index in [1.807, 2.05) is 59.4 Å². The minimum atomic E-state index is -0.346. The number of benzene rings is 2. The number of nitrogens with one attached hydrogen (secondary N) is 3. The molecule has 38 heavy (non-hydrogen) atoms. The molecule has 0 saturated carbocycles. The van der Waals surface area contributed by atoms with Gasteiger partial charge in [0.15, 0.2) is 5.82 Å². The van der Waals surface area contributed by atoms with Crippen LogP contribution in [0.3, 0.4) is 0 Å². The van der Waals surface area contributed by atoms with E-state index in [2.05, 4.69) is 51.5 Å². The van der Waals surface area contributed by atoms with Crippen LogP contribution in [0.2, 0.25) is 0 Å². The lowest BCUT2D eigenvalue weighted by Crippen LogP contribution is -2.29. The van der Waals surface area contributed by atoms with Crippen molar-refractivity contribution in [2.24, 2.45) is 0 Å². The third-order valence-corrected chi connectivity index (χ3v) is 6.92. The zero-order valence-corrected chi connectivity index (χ0v) is 22.5. The van der Waals surface area contributed by atoms with Gasteiger partial charge in [0, 0.05) is 41.2 Å². The third-order valence-electron chi connectivity index (χ3n) is 6.92. The summed E-state index contributed by atoms with van der Waals surface area (Å²) < 4.78 is 8.07. The number of rotatable bonds is 7. The smallest absolute Gasteiger partial charge is 0.324 e. The molecule has 1 fully saturated rings. The molecule has 2 aromatic heterocycles. The number of likely N-dealkylation sites (tertiary alicyclic amines) is 1. The van der Waals surface area contributed by atoms with E-state index in [0.717, 1.165) is 34.7 Å². The van der Waals surface area contributed by atoms with Crippen LogP contribution in [0.5, 0.6) is 5.75 Å². The van der Waals surface area contributed by atoms with Crippen molar-refractivity contribution < 1.29 is 9.53 Å². The van der Waals surface area contributed by atoms with Crippen LogP contribution >= 0.6 is 0 Å². The topological polar surface area (TPSA) is 100 Å². The van der Waals surface area contributed by atoms with Gasteiger partial charge in [0.2, 0.25) is 0 Å². The van der Waals surface area contributed by atoms with E-state index in [4.69, 9.17) is 4.74 Å². The lowest BCUT2D eigenvalue weighted by Gasteiger charge is -2.19. The van der Waals surface area contributed by atoms with Crippen LogP contribution in [-0.2, 0) is 5.41 Å². The lowest BCUT2D eigenvalue weighted by molar-refractivity contribution is 0.214. The molecule has 2 aromatic carbocycles. The third kappa shape index (κ3) is 6.34. The first kappa shape index (κ1) is 25.8. The summed E-state index contributed by atoms with van der Waals surface area (Å²) >= 11 is 0. The van der Waals surface area contributed by atoms with Gasteiger partial charge in [0.05, 0.1) is 11.0 Å². The minimum absolute atomic E-state index is 0.0717. The Balaban J connectivity index is 1.17. The Hall–Kier alpha value is -3.85. The second-order valence-electron chi connectivity index (χ2n) is 10.9. The summed E-state index contributed by atoms with van der Waals surface area (Å²) in [5.41, 5.74) is 4.40. The normalized spacial score (nSPS) is 14.8. The molecule has 5 rings (SSSR count). The van der Waals surface area contributed by atoms with E-state index in [9.17, 15) is 4.79 Å². The second kappa shape index (κ2) is 11.3. The van der Waals surface area contributed by atoms with Crippen molar-refractivity contribution >= 4 is 28.6 Å². The number of carbonyl (C=O) groups is 1. The van der Waals surface area contributed by atoms with Crippen molar-refractivity contribution in [3.8, 4) is 11.4 Å². The van der Waals surface area contributed by atoms with Gasteiger partial charge < -0.3 is 10.1 Å². The van der Waals surface area contributed by atoms with Crippen molar-refractivity contribution in [2.75, 3.05) is 36.9 Å². The number of H-pyrrole nitrogens is 1. The van der Waals surface area contributed by atoms with Crippen molar-refractivity contribution in [3.63, 3.8) is 0 Å². The van der Waals surface area contributed by atoms with E-state index < -0.39 is 0 Å². The molecule has 3 N–H and O–H groups in total. The predicted octanol–water partition coefficient (Wildman–Crippen LogP) is 5.94. The maximum absolute atomic E-state index is 12.4. The fraction of sp³-hybridized carbons (Fsp3) is 0.414. The molecule has 4 aromatic rings. The van der Waals surface area contributed by atoms with Gasteiger partial charge in [-0.15, -0.1) is 0 Å². The highest BCUT2D eigenvalue weighted by atomic mass is 16.5. The highest BCUT2D eigenvalue weighted by molar-refractivity contribution is 5.99. The van der Waals surface area contributed by atoms with E-state index >= 15 is 0 Å². The molecule has 9 heteroatoms. The first-order valence-corrected chi connectivity index (χ1v) is 13.4. The number of hydrogen-bond acceptors (Lipinski definition) is 5. The number of amides is 2. The Labute approximate surface area is 223 Å². The quantitative estimate of drug-likeness (QED) is 0.283. The van der Waals surface area contributed by atoms with Gasteiger partial charge >= 0.3 is 6.03 Å². The second-order valence-corrected chi connectivity index (χ2v) is 10.9. The van der Waals surface area contributed by atoms with Crippen LogP contribution in [0.1, 0.15) is 52.1 Å². The Morgan fingerprint density at radius 2 is 1.76 bits per heavy atom. The van der Waals surface area contributed by atoms with E-state index in [0.29, 0.717) is 18.1 Å². The summed E-state index contributed by atoms with van der Waals surface area (Å²) in [6, 6.07) is 15.2. The van der Waals surface area contributed by atoms with Crippen molar-refractivity contribution in [3.05, 3.63) is 60.6 Å². The van der Waals surface area contributed by atoms with Gasteiger partial charge in [-0.05, 0) is 62.3 Å². The van der Waals surface area contributed by atoms with Crippen molar-refractivity contribution in [1.82, 2.24) is 24.6 Å². The number of hydrogen-bond donors (Lipinski definition) is 3. The maximum atomic E-state index is 12.4. The number of imidazole rings is 1. The number of ether oxygens (including phenoxy) is 1. The molecule has 0 spiro atoms. The van der Waals surface area contributed by atoms with Gasteiger partial charge in [0.1, 0.15) is 18.7 Å². The first-order valence-electron chi connectivity index (χ1n) is 13.4. The van der Waals surface area contributed by atoms with Crippen LogP contribution in [0, 0.1) is 0 Å². The minimum Gasteiger partial charge on any atom is -0.492 e. The number of aromatic nitrogens is 4. The van der Waals surface area contributed by atoms with E-state index in [1.165, 1.54) is 38.8 Å². The fourth-order valence-corrected chi connectivity index (χ4v) is 4.69. The zero-order valence-electron chi connectivity index (χ0n) is 22.5. The molecule has 0 bridgehead atoms. The highest BCUT2D eigenvalue weighted by Gasteiger charge is 2.17. The molecule has 3 heterocycles. The number of carbonyl (C=O) groups excluding carboxylic acids is 1. The summed E-state index contributed by atoms with van der Waals surface area (Å²) in [4.78, 5) is 19.5. The summed E-state index contributed by atoms with van der Waals surface area (Å²) in [7, 11) is 0. The average molecular weight is 516 g/mol. The van der Waals surface area contributed by atoms with Crippen LogP contribution in [0.25, 0.3) is 16.7 Å². The Morgan fingerprint density at radius 1 is 1.00 bits per heavy atom. The summed E-state index contributed by atoms with van der Waals surface area (Å²) in [6.07, 6.45) is 7.07. The van der Waals surface area contributed by atoms with Crippen LogP contribution in [0.15, 0.2) is 54.9 Å². The van der Waals surface area contributed by atoms with Crippen LogP contribution in [-0.4, -0.2) is 56.9 Å². The number of nitrogens with zero attached hydrogens (tertiary/aromatic N) is 4. The number of aromatic amines is 1. The van der Waals surface area contributed by atoms with E-state index in [1.54, 1.807) is 0 Å². The molecule has 0 atom stereocenters. The van der Waals surface area contributed by atoms with Gasteiger partial charge in [-0.3, -0.25) is 19.9 Å². The van der Waals surface area contributed by atoms with Crippen LogP contribution < -0.4 is 15.4 Å². The molecule has 0 radical (unpaired) electrons. The Bertz CT molecular complexity index is 1360. The molecule has 0 unspecified atom stereocenters. The Kier molecular flexibility index (Phi) is 7.64. The monoisotopic (exact) mass is 515 g/mol. The number of urea groups is 1. The largest absolute Gasteiger partial charge is 0.492 e. The van der Waals surface area contributed by atoms with Gasteiger partial charge in [0.25, 0.3) is 0 Å². The Morgan fingerprint density at radius 3 is 2.47 bits per heavy atom. The molecule has 1 aliphatic heterocycles. The summed E-state index contributed by atoms with van der Waals surface area (Å²) in [6.45, 7) is 10.2. The molecule has 1 aliphatic rings. The maximum Gasteiger partial charge on any atom is 0.324 e. The molecule has 200 valence electrons. The van der Waals surface area contributed by atoms with Gasteiger partial charge in [-0.1, -0.05) is 33.6 Å². The summed E-state index contributed by atoms with van der Waals surface area (Å²) in [5, 5.41) is 12.8. The average Bonchev–Trinajstić information content (AvgIpc) is 3.45. The molecule has 1 saturated heterocycles. The molecular formula is C29H37N7O2. The zero-order chi connectivity index (χ0) is 26.5. The molecule has 9 nitrogen and oxygen atoms in total. The molecule has 0 aliphatic carbocycles. The SMILES string of the molecule is CC(C)(C)c1cc(NC(=O)Nc2ccc(-n3cnc4cc(OCCN5CCCCCC5)ccc43)cc2)n[nH]1. The molecule has 2 amide bonds. The summed E-state index contributed by atoms with van der Waals surface area (Å²) in [5.74, 6) is 1.33. The first-order chi connectivity index (χ1) is 18.3. The predicted molar refractivity (Wildman–Crippen MR) is 151 cm³/mol. The molecular weight excluding hydrogens is 478 g/mol. The van der Waals surface area contributed by atoms with Gasteiger partial charge in [-0.25, -0.2) is 9.78 Å². The van der Waals surface area contributed by atoms with Crippen molar-refractivity contribution in [1.29, 1.82) is 0 Å². The number of anilines is 2. The highest BCUT2D eigenvalue weighted by Crippen LogP contribution is 2.25.